The van der Waals surface area contributed by atoms with Gasteiger partial charge in [0.15, 0.2) is 0 Å². The Morgan fingerprint density at radius 2 is 1.90 bits per heavy atom. The molecule has 0 aromatic heterocycles. The van der Waals surface area contributed by atoms with Gasteiger partial charge in [-0.25, -0.2) is 0 Å². The SMILES string of the molecule is CNC1[C@@H]2C[C@H]1CN(C)C2. The van der Waals surface area contributed by atoms with Gasteiger partial charge in [0.05, 0.1) is 0 Å². The molecule has 0 aromatic rings. The molecule has 10 heavy (non-hydrogen) atoms. The second-order valence-corrected chi connectivity index (χ2v) is 3.79. The molecule has 2 heteroatoms. The Kier molecular flexibility index (Phi) is 1.46. The van der Waals surface area contributed by atoms with Crippen molar-refractivity contribution >= 4 is 0 Å². The van der Waals surface area contributed by atoms with Crippen molar-refractivity contribution in [3.8, 4) is 0 Å². The molecule has 1 aliphatic carbocycles. The second kappa shape index (κ2) is 2.21. The number of piperidine rings is 2. The van der Waals surface area contributed by atoms with Gasteiger partial charge in [0, 0.05) is 19.1 Å². The Hall–Kier alpha value is -0.0800. The predicted molar refractivity (Wildman–Crippen MR) is 41.9 cm³/mol. The van der Waals surface area contributed by atoms with Gasteiger partial charge in [0.1, 0.15) is 0 Å². The van der Waals surface area contributed by atoms with Crippen molar-refractivity contribution < 1.29 is 0 Å². The fraction of sp³-hybridized carbons (Fsp3) is 1.00. The average molecular weight is 140 g/mol. The van der Waals surface area contributed by atoms with Crippen LogP contribution in [0.25, 0.3) is 0 Å². The van der Waals surface area contributed by atoms with Crippen LogP contribution in [0.15, 0.2) is 0 Å². The van der Waals surface area contributed by atoms with Gasteiger partial charge in [0.25, 0.3) is 0 Å². The molecule has 2 heterocycles. The smallest absolute Gasteiger partial charge is 0.0145 e. The normalized spacial score (nSPS) is 46.8. The largest absolute Gasteiger partial charge is 0.316 e. The number of nitrogens with zero attached hydrogens (tertiary/aromatic N) is 1. The zero-order valence-corrected chi connectivity index (χ0v) is 6.80. The maximum absolute atomic E-state index is 3.40. The van der Waals surface area contributed by atoms with E-state index >= 15 is 0 Å². The predicted octanol–water partition coefficient (Wildman–Crippen LogP) is 0.156. The molecule has 0 amide bonds. The zero-order valence-electron chi connectivity index (χ0n) is 6.80. The highest BCUT2D eigenvalue weighted by molar-refractivity contribution is 5.00. The first-order valence-electron chi connectivity index (χ1n) is 4.17. The van der Waals surface area contributed by atoms with Crippen molar-refractivity contribution in [3.05, 3.63) is 0 Å². The van der Waals surface area contributed by atoms with Gasteiger partial charge in [0.2, 0.25) is 0 Å². The van der Waals surface area contributed by atoms with Crippen LogP contribution < -0.4 is 5.32 Å². The van der Waals surface area contributed by atoms with E-state index in [9.17, 15) is 0 Å². The van der Waals surface area contributed by atoms with Crippen LogP contribution in [0.1, 0.15) is 6.42 Å². The summed E-state index contributed by atoms with van der Waals surface area (Å²) in [6, 6.07) is 0.844. The highest BCUT2D eigenvalue weighted by atomic mass is 15.1. The number of nitrogens with one attached hydrogen (secondary N) is 1. The zero-order chi connectivity index (χ0) is 7.14. The molecule has 58 valence electrons. The van der Waals surface area contributed by atoms with Crippen molar-refractivity contribution in [1.82, 2.24) is 10.2 Å². The molecular weight excluding hydrogens is 124 g/mol. The molecule has 2 saturated heterocycles. The number of fused-ring (bicyclic) bond motifs is 2. The van der Waals surface area contributed by atoms with Crippen LogP contribution in [0.3, 0.4) is 0 Å². The Labute approximate surface area is 62.6 Å². The molecule has 3 aliphatic rings. The molecule has 2 aliphatic heterocycles. The summed E-state index contributed by atoms with van der Waals surface area (Å²) in [4.78, 5) is 2.45. The molecule has 2 bridgehead atoms. The van der Waals surface area contributed by atoms with E-state index < -0.39 is 0 Å². The summed E-state index contributed by atoms with van der Waals surface area (Å²) in [6.07, 6.45) is 1.47. The Morgan fingerprint density at radius 3 is 2.40 bits per heavy atom. The summed E-state index contributed by atoms with van der Waals surface area (Å²) in [5.41, 5.74) is 0. The summed E-state index contributed by atoms with van der Waals surface area (Å²) in [5.74, 6) is 1.91. The fourth-order valence-electron chi connectivity index (χ4n) is 2.59. The minimum atomic E-state index is 0.844. The molecule has 0 radical (unpaired) electrons. The first-order chi connectivity index (χ1) is 4.81. The van der Waals surface area contributed by atoms with Gasteiger partial charge < -0.3 is 10.2 Å². The van der Waals surface area contributed by atoms with Crippen LogP contribution in [-0.2, 0) is 0 Å². The number of rotatable bonds is 1. The molecular formula is C8H16N2. The highest BCUT2D eigenvalue weighted by Crippen LogP contribution is 2.38. The lowest BCUT2D eigenvalue weighted by atomic mass is 9.66. The summed E-state index contributed by atoms with van der Waals surface area (Å²) < 4.78 is 0. The third-order valence-corrected chi connectivity index (χ3v) is 3.05. The molecule has 1 unspecified atom stereocenters. The van der Waals surface area contributed by atoms with Crippen LogP contribution in [0, 0.1) is 11.8 Å². The van der Waals surface area contributed by atoms with E-state index in [4.69, 9.17) is 0 Å². The van der Waals surface area contributed by atoms with E-state index in [0.29, 0.717) is 0 Å². The van der Waals surface area contributed by atoms with Crippen molar-refractivity contribution in [1.29, 1.82) is 0 Å². The van der Waals surface area contributed by atoms with Gasteiger partial charge in [-0.05, 0) is 32.4 Å². The third kappa shape index (κ3) is 0.789. The molecule has 0 aromatic carbocycles. The first-order valence-corrected chi connectivity index (χ1v) is 4.17. The summed E-state index contributed by atoms with van der Waals surface area (Å²) in [5, 5.41) is 3.40. The Bertz CT molecular complexity index is 123. The van der Waals surface area contributed by atoms with Gasteiger partial charge in [-0.15, -0.1) is 0 Å². The standard InChI is InChI=1S/C8H16N2/c1-9-8-6-3-7(8)5-10(2)4-6/h6-9H,3-5H2,1-2H3/t6-,7+,8?. The van der Waals surface area contributed by atoms with Crippen molar-refractivity contribution in [3.63, 3.8) is 0 Å². The highest BCUT2D eigenvalue weighted by Gasteiger charge is 2.44. The van der Waals surface area contributed by atoms with Crippen LogP contribution >= 0.6 is 0 Å². The second-order valence-electron chi connectivity index (χ2n) is 3.79. The maximum atomic E-state index is 3.40. The molecule has 0 spiro atoms. The van der Waals surface area contributed by atoms with Crippen LogP contribution in [-0.4, -0.2) is 38.1 Å². The summed E-state index contributed by atoms with van der Waals surface area (Å²) in [7, 11) is 4.32. The van der Waals surface area contributed by atoms with Crippen molar-refractivity contribution in [2.75, 3.05) is 27.2 Å². The van der Waals surface area contributed by atoms with Crippen LogP contribution in [0.5, 0.6) is 0 Å². The average Bonchev–Trinajstić information content (AvgIpc) is 1.87. The number of hydrogen-bond acceptors (Lipinski definition) is 2. The molecule has 3 rings (SSSR count). The molecule has 3 atom stereocenters. The van der Waals surface area contributed by atoms with Gasteiger partial charge >= 0.3 is 0 Å². The van der Waals surface area contributed by atoms with Gasteiger partial charge in [-0.2, -0.15) is 0 Å². The Balaban J connectivity index is 1.96. The lowest BCUT2D eigenvalue weighted by Crippen LogP contribution is -2.61. The van der Waals surface area contributed by atoms with E-state index in [1.54, 1.807) is 0 Å². The van der Waals surface area contributed by atoms with E-state index in [-0.39, 0.29) is 0 Å². The van der Waals surface area contributed by atoms with Crippen LogP contribution in [0.2, 0.25) is 0 Å². The van der Waals surface area contributed by atoms with Crippen molar-refractivity contribution in [2.45, 2.75) is 12.5 Å². The minimum Gasteiger partial charge on any atom is -0.316 e. The van der Waals surface area contributed by atoms with E-state index in [0.717, 1.165) is 17.9 Å². The first kappa shape index (κ1) is 6.62. The van der Waals surface area contributed by atoms with Gasteiger partial charge in [-0.3, -0.25) is 0 Å². The molecule has 2 nitrogen and oxygen atoms in total. The van der Waals surface area contributed by atoms with Crippen molar-refractivity contribution in [2.24, 2.45) is 11.8 Å². The summed E-state index contributed by atoms with van der Waals surface area (Å²) >= 11 is 0. The van der Waals surface area contributed by atoms with E-state index in [1.807, 2.05) is 0 Å². The van der Waals surface area contributed by atoms with E-state index in [1.165, 1.54) is 19.5 Å². The Morgan fingerprint density at radius 1 is 1.30 bits per heavy atom. The quantitative estimate of drug-likeness (QED) is 0.558. The third-order valence-electron chi connectivity index (χ3n) is 3.05. The molecule has 3 fully saturated rings. The summed E-state index contributed by atoms with van der Waals surface area (Å²) in [6.45, 7) is 2.62. The number of hydrogen-bond donors (Lipinski definition) is 1. The van der Waals surface area contributed by atoms with E-state index in [2.05, 4.69) is 24.3 Å². The van der Waals surface area contributed by atoms with Gasteiger partial charge in [-0.1, -0.05) is 0 Å². The lowest BCUT2D eigenvalue weighted by molar-refractivity contribution is 0.00160. The van der Waals surface area contributed by atoms with Crippen LogP contribution in [0.4, 0.5) is 0 Å². The molecule has 1 N–H and O–H groups in total. The topological polar surface area (TPSA) is 15.3 Å². The minimum absolute atomic E-state index is 0.844. The lowest BCUT2D eigenvalue weighted by Gasteiger charge is -2.52. The maximum Gasteiger partial charge on any atom is 0.0145 e. The fourth-order valence-corrected chi connectivity index (χ4v) is 2.59. The monoisotopic (exact) mass is 140 g/mol. The molecule has 1 saturated carbocycles.